The molecular formula is C17H34N2. The van der Waals surface area contributed by atoms with Crippen molar-refractivity contribution in [2.45, 2.75) is 71.3 Å². The molecule has 0 aromatic rings. The summed E-state index contributed by atoms with van der Waals surface area (Å²) in [7, 11) is 0. The number of piperidine rings is 1. The monoisotopic (exact) mass is 266 g/mol. The summed E-state index contributed by atoms with van der Waals surface area (Å²) < 4.78 is 0. The quantitative estimate of drug-likeness (QED) is 0.789. The van der Waals surface area contributed by atoms with Gasteiger partial charge in [0.1, 0.15) is 0 Å². The van der Waals surface area contributed by atoms with E-state index in [1.54, 1.807) is 0 Å². The zero-order valence-corrected chi connectivity index (χ0v) is 13.2. The molecule has 1 N–H and O–H groups in total. The maximum absolute atomic E-state index is 3.61. The van der Waals surface area contributed by atoms with Gasteiger partial charge in [0, 0.05) is 12.6 Å². The topological polar surface area (TPSA) is 15.3 Å². The summed E-state index contributed by atoms with van der Waals surface area (Å²) in [6.07, 6.45) is 11.8. The Balaban J connectivity index is 1.62. The third kappa shape index (κ3) is 5.83. The minimum atomic E-state index is 0.637. The second-order valence-electron chi connectivity index (χ2n) is 7.16. The molecule has 0 radical (unpaired) electrons. The Morgan fingerprint density at radius 3 is 2.47 bits per heavy atom. The van der Waals surface area contributed by atoms with Crippen LogP contribution < -0.4 is 5.32 Å². The summed E-state index contributed by atoms with van der Waals surface area (Å²) >= 11 is 0. The maximum atomic E-state index is 3.61. The first-order chi connectivity index (χ1) is 9.24. The minimum Gasteiger partial charge on any atom is -0.314 e. The molecule has 1 aliphatic heterocycles. The summed E-state index contributed by atoms with van der Waals surface area (Å²) in [5.74, 6) is 1.94. The molecule has 2 aliphatic rings. The van der Waals surface area contributed by atoms with E-state index in [1.165, 1.54) is 77.5 Å². The first kappa shape index (κ1) is 15.3. The van der Waals surface area contributed by atoms with Crippen molar-refractivity contribution < 1.29 is 0 Å². The lowest BCUT2D eigenvalue weighted by Gasteiger charge is -2.34. The number of nitrogens with zero attached hydrogens (tertiary/aromatic N) is 1. The van der Waals surface area contributed by atoms with E-state index in [-0.39, 0.29) is 0 Å². The van der Waals surface area contributed by atoms with E-state index in [0.29, 0.717) is 6.04 Å². The Kier molecular flexibility index (Phi) is 6.66. The number of rotatable bonds is 6. The Hall–Kier alpha value is -0.0800. The summed E-state index contributed by atoms with van der Waals surface area (Å²) in [6, 6.07) is 0.637. The van der Waals surface area contributed by atoms with E-state index in [9.17, 15) is 0 Å². The molecule has 1 unspecified atom stereocenters. The Bertz CT molecular complexity index is 233. The van der Waals surface area contributed by atoms with Gasteiger partial charge >= 0.3 is 0 Å². The highest BCUT2D eigenvalue weighted by atomic mass is 15.1. The maximum Gasteiger partial charge on any atom is 0.00218 e. The summed E-state index contributed by atoms with van der Waals surface area (Å²) in [6.45, 7) is 9.78. The van der Waals surface area contributed by atoms with Gasteiger partial charge in [0.05, 0.1) is 0 Å². The van der Waals surface area contributed by atoms with Crippen LogP contribution in [0.4, 0.5) is 0 Å². The van der Waals surface area contributed by atoms with Crippen molar-refractivity contribution in [3.8, 4) is 0 Å². The van der Waals surface area contributed by atoms with E-state index in [1.807, 2.05) is 0 Å². The molecule has 0 amide bonds. The third-order valence-corrected chi connectivity index (χ3v) is 5.00. The van der Waals surface area contributed by atoms with Crippen LogP contribution in [-0.2, 0) is 0 Å². The van der Waals surface area contributed by atoms with Gasteiger partial charge < -0.3 is 10.2 Å². The summed E-state index contributed by atoms with van der Waals surface area (Å²) in [4.78, 5) is 2.74. The van der Waals surface area contributed by atoms with Gasteiger partial charge in [-0.15, -0.1) is 0 Å². The molecule has 1 saturated carbocycles. The Morgan fingerprint density at radius 1 is 1.00 bits per heavy atom. The summed E-state index contributed by atoms with van der Waals surface area (Å²) in [5, 5.41) is 3.61. The van der Waals surface area contributed by atoms with Crippen molar-refractivity contribution in [2.75, 3.05) is 26.2 Å². The Morgan fingerprint density at radius 2 is 1.74 bits per heavy atom. The van der Waals surface area contributed by atoms with E-state index in [4.69, 9.17) is 0 Å². The largest absolute Gasteiger partial charge is 0.314 e. The highest BCUT2D eigenvalue weighted by molar-refractivity contribution is 4.76. The number of likely N-dealkylation sites (tertiary alicyclic amines) is 1. The molecule has 2 nitrogen and oxygen atoms in total. The van der Waals surface area contributed by atoms with Gasteiger partial charge in [-0.1, -0.05) is 46.0 Å². The fourth-order valence-corrected chi connectivity index (χ4v) is 3.76. The van der Waals surface area contributed by atoms with Crippen LogP contribution in [0.15, 0.2) is 0 Å². The highest BCUT2D eigenvalue weighted by Crippen LogP contribution is 2.27. The van der Waals surface area contributed by atoms with Crippen LogP contribution in [-0.4, -0.2) is 37.1 Å². The lowest BCUT2D eigenvalue weighted by molar-refractivity contribution is 0.155. The zero-order valence-electron chi connectivity index (χ0n) is 13.2. The second kappa shape index (κ2) is 8.26. The number of hydrogen-bond donors (Lipinski definition) is 1. The van der Waals surface area contributed by atoms with Gasteiger partial charge in [0.2, 0.25) is 0 Å². The standard InChI is InChI=1S/C17H34N2/c1-15(2)18-13-17-9-6-11-19(14-17)12-10-16-7-4-3-5-8-16/h15-18H,3-14H2,1-2H3. The first-order valence-corrected chi connectivity index (χ1v) is 8.70. The van der Waals surface area contributed by atoms with Crippen molar-refractivity contribution in [2.24, 2.45) is 11.8 Å². The summed E-state index contributed by atoms with van der Waals surface area (Å²) in [5.41, 5.74) is 0. The van der Waals surface area contributed by atoms with E-state index in [2.05, 4.69) is 24.1 Å². The second-order valence-corrected chi connectivity index (χ2v) is 7.16. The van der Waals surface area contributed by atoms with Crippen LogP contribution in [0.25, 0.3) is 0 Å². The van der Waals surface area contributed by atoms with E-state index < -0.39 is 0 Å². The van der Waals surface area contributed by atoms with E-state index in [0.717, 1.165) is 11.8 Å². The Labute approximate surface area is 120 Å². The number of nitrogens with one attached hydrogen (secondary N) is 1. The normalized spacial score (nSPS) is 27.0. The van der Waals surface area contributed by atoms with Gasteiger partial charge in [-0.2, -0.15) is 0 Å². The fraction of sp³-hybridized carbons (Fsp3) is 1.00. The van der Waals surface area contributed by atoms with Gasteiger partial charge in [-0.25, -0.2) is 0 Å². The predicted octanol–water partition coefficient (Wildman–Crippen LogP) is 3.67. The van der Waals surface area contributed by atoms with Crippen LogP contribution >= 0.6 is 0 Å². The molecule has 0 aromatic heterocycles. The van der Waals surface area contributed by atoms with Crippen LogP contribution in [0.1, 0.15) is 65.2 Å². The van der Waals surface area contributed by atoms with Crippen LogP contribution in [0.5, 0.6) is 0 Å². The molecule has 1 atom stereocenters. The van der Waals surface area contributed by atoms with Crippen molar-refractivity contribution in [1.29, 1.82) is 0 Å². The van der Waals surface area contributed by atoms with Crippen molar-refractivity contribution in [3.63, 3.8) is 0 Å². The van der Waals surface area contributed by atoms with Crippen molar-refractivity contribution >= 4 is 0 Å². The molecule has 0 aromatic carbocycles. The van der Waals surface area contributed by atoms with Crippen molar-refractivity contribution in [3.05, 3.63) is 0 Å². The van der Waals surface area contributed by atoms with Crippen LogP contribution in [0.2, 0.25) is 0 Å². The van der Waals surface area contributed by atoms with Crippen LogP contribution in [0.3, 0.4) is 0 Å². The molecule has 2 rings (SSSR count). The highest BCUT2D eigenvalue weighted by Gasteiger charge is 2.21. The smallest absolute Gasteiger partial charge is 0.00218 e. The lowest BCUT2D eigenvalue weighted by atomic mass is 9.86. The first-order valence-electron chi connectivity index (χ1n) is 8.70. The molecule has 0 bridgehead atoms. The molecule has 1 aliphatic carbocycles. The van der Waals surface area contributed by atoms with Gasteiger partial charge in [-0.3, -0.25) is 0 Å². The molecule has 2 fully saturated rings. The fourth-order valence-electron chi connectivity index (χ4n) is 3.76. The average Bonchev–Trinajstić information content (AvgIpc) is 2.44. The minimum absolute atomic E-state index is 0.637. The third-order valence-electron chi connectivity index (χ3n) is 5.00. The number of hydrogen-bond acceptors (Lipinski definition) is 2. The van der Waals surface area contributed by atoms with Crippen LogP contribution in [0, 0.1) is 11.8 Å². The van der Waals surface area contributed by atoms with E-state index >= 15 is 0 Å². The van der Waals surface area contributed by atoms with Gasteiger partial charge in [-0.05, 0) is 50.7 Å². The molecule has 1 saturated heterocycles. The lowest BCUT2D eigenvalue weighted by Crippen LogP contribution is -2.41. The van der Waals surface area contributed by atoms with Gasteiger partial charge in [0.15, 0.2) is 0 Å². The molecule has 1 heterocycles. The zero-order chi connectivity index (χ0) is 13.5. The predicted molar refractivity (Wildman–Crippen MR) is 83.5 cm³/mol. The molecule has 0 spiro atoms. The molecule has 19 heavy (non-hydrogen) atoms. The molecular weight excluding hydrogens is 232 g/mol. The SMILES string of the molecule is CC(C)NCC1CCCN(CCC2CCCCC2)C1. The molecule has 2 heteroatoms. The van der Waals surface area contributed by atoms with Crippen molar-refractivity contribution in [1.82, 2.24) is 10.2 Å². The molecule has 112 valence electrons. The average molecular weight is 266 g/mol. The van der Waals surface area contributed by atoms with Gasteiger partial charge in [0.25, 0.3) is 0 Å².